The number of carbonyl (C=O) groups excluding carboxylic acids is 1. The molecule has 0 unspecified atom stereocenters. The summed E-state index contributed by atoms with van der Waals surface area (Å²) in [5, 5.41) is 13.3. The van der Waals surface area contributed by atoms with E-state index in [1.165, 1.54) is 30.6 Å². The SMILES string of the molecule is O=C(Nc1cccc(S(=O)(=O)C2CCCC2)c1)c1cc[n+]([O-])cc1. The van der Waals surface area contributed by atoms with Gasteiger partial charge in [-0.15, -0.1) is 0 Å². The minimum Gasteiger partial charge on any atom is -0.619 e. The highest BCUT2D eigenvalue weighted by atomic mass is 32.2. The zero-order valence-electron chi connectivity index (χ0n) is 13.0. The highest BCUT2D eigenvalue weighted by molar-refractivity contribution is 7.92. The van der Waals surface area contributed by atoms with Crippen LogP contribution in [0.3, 0.4) is 0 Å². The lowest BCUT2D eigenvalue weighted by Crippen LogP contribution is -2.25. The Balaban J connectivity index is 1.80. The molecular formula is C17H18N2O4S. The first-order chi connectivity index (χ1) is 11.5. The largest absolute Gasteiger partial charge is 0.619 e. The van der Waals surface area contributed by atoms with Gasteiger partial charge in [0, 0.05) is 17.8 Å². The minimum atomic E-state index is -3.36. The van der Waals surface area contributed by atoms with Crippen LogP contribution in [0.2, 0.25) is 0 Å². The van der Waals surface area contributed by atoms with Gasteiger partial charge in [-0.3, -0.25) is 4.79 Å². The molecule has 0 spiro atoms. The van der Waals surface area contributed by atoms with E-state index in [0.717, 1.165) is 12.8 Å². The van der Waals surface area contributed by atoms with Gasteiger partial charge < -0.3 is 10.5 Å². The zero-order chi connectivity index (χ0) is 17.2. The van der Waals surface area contributed by atoms with Crippen molar-refractivity contribution in [3.05, 3.63) is 59.6 Å². The number of benzene rings is 1. The second kappa shape index (κ2) is 6.60. The summed E-state index contributed by atoms with van der Waals surface area (Å²) < 4.78 is 25.8. The lowest BCUT2D eigenvalue weighted by Gasteiger charge is -2.12. The Kier molecular flexibility index (Phi) is 4.53. The summed E-state index contributed by atoms with van der Waals surface area (Å²) in [6.07, 6.45) is 5.73. The van der Waals surface area contributed by atoms with Gasteiger partial charge in [-0.2, -0.15) is 4.73 Å². The third-order valence-corrected chi connectivity index (χ3v) is 6.49. The molecule has 1 heterocycles. The number of hydrogen-bond acceptors (Lipinski definition) is 4. The molecule has 1 aromatic heterocycles. The average Bonchev–Trinajstić information content (AvgIpc) is 3.11. The Morgan fingerprint density at radius 2 is 1.79 bits per heavy atom. The lowest BCUT2D eigenvalue weighted by molar-refractivity contribution is -0.605. The molecule has 0 radical (unpaired) electrons. The summed E-state index contributed by atoms with van der Waals surface area (Å²) in [7, 11) is -3.36. The summed E-state index contributed by atoms with van der Waals surface area (Å²) in [4.78, 5) is 12.4. The van der Waals surface area contributed by atoms with Crippen LogP contribution in [-0.4, -0.2) is 19.6 Å². The third-order valence-electron chi connectivity index (χ3n) is 4.23. The summed E-state index contributed by atoms with van der Waals surface area (Å²) in [5.41, 5.74) is 0.740. The van der Waals surface area contributed by atoms with Gasteiger partial charge in [0.05, 0.1) is 15.7 Å². The van der Waals surface area contributed by atoms with Crippen LogP contribution in [-0.2, 0) is 9.84 Å². The highest BCUT2D eigenvalue weighted by Crippen LogP contribution is 2.30. The van der Waals surface area contributed by atoms with Gasteiger partial charge in [-0.05, 0) is 31.0 Å². The van der Waals surface area contributed by atoms with E-state index in [1.807, 2.05) is 0 Å². The van der Waals surface area contributed by atoms with E-state index in [4.69, 9.17) is 0 Å². The van der Waals surface area contributed by atoms with E-state index in [1.54, 1.807) is 18.2 Å². The zero-order valence-corrected chi connectivity index (χ0v) is 13.8. The van der Waals surface area contributed by atoms with Crippen LogP contribution < -0.4 is 10.0 Å². The smallest absolute Gasteiger partial charge is 0.256 e. The van der Waals surface area contributed by atoms with E-state index < -0.39 is 15.7 Å². The molecule has 1 N–H and O–H groups in total. The molecule has 0 saturated heterocycles. The van der Waals surface area contributed by atoms with Crippen LogP contribution in [0.5, 0.6) is 0 Å². The number of sulfone groups is 1. The highest BCUT2D eigenvalue weighted by Gasteiger charge is 2.30. The predicted octanol–water partition coefficient (Wildman–Crippen LogP) is 2.29. The molecule has 1 aliphatic carbocycles. The van der Waals surface area contributed by atoms with Crippen LogP contribution in [0.25, 0.3) is 0 Å². The number of nitrogens with zero attached hydrogens (tertiary/aromatic N) is 1. The molecule has 1 aliphatic rings. The first-order valence-electron chi connectivity index (χ1n) is 7.81. The molecule has 0 aliphatic heterocycles. The number of carbonyl (C=O) groups is 1. The molecule has 3 rings (SSSR count). The van der Waals surface area contributed by atoms with E-state index in [0.29, 0.717) is 28.8 Å². The molecule has 1 aromatic carbocycles. The van der Waals surface area contributed by atoms with Crippen molar-refractivity contribution < 1.29 is 17.9 Å². The maximum atomic E-state index is 12.6. The van der Waals surface area contributed by atoms with Crippen LogP contribution >= 0.6 is 0 Å². The van der Waals surface area contributed by atoms with Crippen molar-refractivity contribution in [1.82, 2.24) is 0 Å². The van der Waals surface area contributed by atoms with Gasteiger partial charge in [0.2, 0.25) is 0 Å². The number of amides is 1. The summed E-state index contributed by atoms with van der Waals surface area (Å²) >= 11 is 0. The Hall–Kier alpha value is -2.41. The summed E-state index contributed by atoms with van der Waals surface area (Å²) in [5.74, 6) is -0.397. The fourth-order valence-electron chi connectivity index (χ4n) is 2.91. The van der Waals surface area contributed by atoms with Crippen molar-refractivity contribution in [3.8, 4) is 0 Å². The number of pyridine rings is 1. The van der Waals surface area contributed by atoms with Gasteiger partial charge in [0.25, 0.3) is 5.91 Å². The van der Waals surface area contributed by atoms with Crippen LogP contribution in [0.1, 0.15) is 36.0 Å². The maximum absolute atomic E-state index is 12.6. The van der Waals surface area contributed by atoms with E-state index in [-0.39, 0.29) is 10.1 Å². The second-order valence-electron chi connectivity index (χ2n) is 5.88. The van der Waals surface area contributed by atoms with Crippen molar-refractivity contribution in [3.63, 3.8) is 0 Å². The molecule has 1 saturated carbocycles. The molecule has 1 amide bonds. The van der Waals surface area contributed by atoms with Crippen LogP contribution in [0.4, 0.5) is 5.69 Å². The van der Waals surface area contributed by atoms with Crippen molar-refractivity contribution in [1.29, 1.82) is 0 Å². The normalized spacial score (nSPS) is 15.3. The van der Waals surface area contributed by atoms with Gasteiger partial charge in [0.15, 0.2) is 22.2 Å². The maximum Gasteiger partial charge on any atom is 0.256 e. The summed E-state index contributed by atoms with van der Waals surface area (Å²) in [6.45, 7) is 0. The molecule has 24 heavy (non-hydrogen) atoms. The monoisotopic (exact) mass is 346 g/mol. The van der Waals surface area contributed by atoms with Crippen molar-refractivity contribution in [2.24, 2.45) is 0 Å². The van der Waals surface area contributed by atoms with E-state index in [2.05, 4.69) is 5.32 Å². The lowest BCUT2D eigenvalue weighted by atomic mass is 10.2. The first kappa shape index (κ1) is 16.4. The summed E-state index contributed by atoms with van der Waals surface area (Å²) in [6, 6.07) is 9.12. The predicted molar refractivity (Wildman–Crippen MR) is 89.2 cm³/mol. The quantitative estimate of drug-likeness (QED) is 0.679. The fraction of sp³-hybridized carbons (Fsp3) is 0.294. The number of anilines is 1. The number of nitrogens with one attached hydrogen (secondary N) is 1. The Morgan fingerprint density at radius 1 is 1.12 bits per heavy atom. The van der Waals surface area contributed by atoms with E-state index >= 15 is 0 Å². The van der Waals surface area contributed by atoms with Gasteiger partial charge in [0.1, 0.15) is 0 Å². The molecule has 126 valence electrons. The fourth-order valence-corrected chi connectivity index (χ4v) is 4.81. The molecule has 6 nitrogen and oxygen atoms in total. The molecule has 0 atom stereocenters. The number of hydrogen-bond donors (Lipinski definition) is 1. The molecular weight excluding hydrogens is 328 g/mol. The van der Waals surface area contributed by atoms with E-state index in [9.17, 15) is 18.4 Å². The van der Waals surface area contributed by atoms with Crippen LogP contribution in [0.15, 0.2) is 53.7 Å². The van der Waals surface area contributed by atoms with Crippen LogP contribution in [0, 0.1) is 5.21 Å². The standard InChI is InChI=1S/C17H18N2O4S/c20-17(13-8-10-19(21)11-9-13)18-14-4-3-7-16(12-14)24(22,23)15-5-1-2-6-15/h3-4,7-12,15H,1-2,5-6H2,(H,18,20). The Labute approximate surface area is 140 Å². The molecule has 0 bridgehead atoms. The van der Waals surface area contributed by atoms with Gasteiger partial charge in [-0.1, -0.05) is 18.9 Å². The van der Waals surface area contributed by atoms with Gasteiger partial charge in [-0.25, -0.2) is 8.42 Å². The van der Waals surface area contributed by atoms with Gasteiger partial charge >= 0.3 is 0 Å². The van der Waals surface area contributed by atoms with Crippen molar-refractivity contribution >= 4 is 21.4 Å². The minimum absolute atomic E-state index is 0.234. The first-order valence-corrected chi connectivity index (χ1v) is 9.35. The molecule has 1 fully saturated rings. The second-order valence-corrected chi connectivity index (χ2v) is 8.11. The number of rotatable bonds is 4. The molecule has 2 aromatic rings. The topological polar surface area (TPSA) is 90.2 Å². The Bertz CT molecular complexity index is 841. The van der Waals surface area contributed by atoms with Crippen molar-refractivity contribution in [2.45, 2.75) is 35.8 Å². The number of aromatic nitrogens is 1. The Morgan fingerprint density at radius 3 is 2.46 bits per heavy atom. The molecule has 7 heteroatoms. The third kappa shape index (κ3) is 3.41. The average molecular weight is 346 g/mol. The van der Waals surface area contributed by atoms with Crippen molar-refractivity contribution in [2.75, 3.05) is 5.32 Å².